The van der Waals surface area contributed by atoms with Crippen LogP contribution in [-0.2, 0) is 19.1 Å². The summed E-state index contributed by atoms with van der Waals surface area (Å²) in [6, 6.07) is 0. The Balaban J connectivity index is 3.39. The monoisotopic (exact) mass is 410 g/mol. The lowest BCUT2D eigenvalue weighted by atomic mass is 10.0. The molecule has 170 valence electrons. The van der Waals surface area contributed by atoms with Crippen molar-refractivity contribution in [1.82, 2.24) is 0 Å². The molecule has 0 aliphatic carbocycles. The summed E-state index contributed by atoms with van der Waals surface area (Å²) < 4.78 is 9.70. The van der Waals surface area contributed by atoms with Crippen LogP contribution >= 0.6 is 0 Å². The third-order valence-corrected chi connectivity index (χ3v) is 5.25. The molecule has 0 aromatic heterocycles. The van der Waals surface area contributed by atoms with E-state index in [1.165, 1.54) is 104 Å². The van der Waals surface area contributed by atoms with Crippen molar-refractivity contribution in [2.45, 2.75) is 129 Å². The van der Waals surface area contributed by atoms with Crippen LogP contribution in [0.25, 0.3) is 0 Å². The SMILES string of the molecule is CCCCCCCC/C=C\CCCCCCCCCCC(OC(C)=O)C(=O)OC. The van der Waals surface area contributed by atoms with Crippen LogP contribution < -0.4 is 0 Å². The molecule has 0 aromatic rings. The van der Waals surface area contributed by atoms with Gasteiger partial charge in [0.1, 0.15) is 0 Å². The molecular weight excluding hydrogens is 364 g/mol. The van der Waals surface area contributed by atoms with Crippen LogP contribution in [0.4, 0.5) is 0 Å². The van der Waals surface area contributed by atoms with Gasteiger partial charge in [0.15, 0.2) is 6.10 Å². The number of methoxy groups -OCH3 is 1. The molecule has 1 unspecified atom stereocenters. The highest BCUT2D eigenvalue weighted by Gasteiger charge is 2.21. The average Bonchev–Trinajstić information content (AvgIpc) is 2.71. The molecule has 29 heavy (non-hydrogen) atoms. The van der Waals surface area contributed by atoms with Crippen molar-refractivity contribution < 1.29 is 19.1 Å². The van der Waals surface area contributed by atoms with Crippen molar-refractivity contribution in [2.75, 3.05) is 7.11 Å². The Morgan fingerprint density at radius 2 is 1.17 bits per heavy atom. The second-order valence-electron chi connectivity index (χ2n) is 8.05. The van der Waals surface area contributed by atoms with E-state index in [0.29, 0.717) is 6.42 Å². The third-order valence-electron chi connectivity index (χ3n) is 5.25. The fourth-order valence-electron chi connectivity index (χ4n) is 3.49. The number of hydrogen-bond donors (Lipinski definition) is 0. The Bertz CT molecular complexity index is 417. The first-order valence-electron chi connectivity index (χ1n) is 12.0. The number of allylic oxidation sites excluding steroid dienone is 2. The Hall–Kier alpha value is -1.32. The molecule has 0 heterocycles. The lowest BCUT2D eigenvalue weighted by molar-refractivity contribution is -0.165. The maximum Gasteiger partial charge on any atom is 0.347 e. The van der Waals surface area contributed by atoms with Crippen LogP contribution in [0.2, 0.25) is 0 Å². The van der Waals surface area contributed by atoms with E-state index in [9.17, 15) is 9.59 Å². The third kappa shape index (κ3) is 19.8. The fourth-order valence-corrected chi connectivity index (χ4v) is 3.49. The van der Waals surface area contributed by atoms with Gasteiger partial charge in [-0.1, -0.05) is 89.7 Å². The maximum atomic E-state index is 11.6. The van der Waals surface area contributed by atoms with Crippen LogP contribution in [0.5, 0.6) is 0 Å². The molecule has 0 spiro atoms. The Morgan fingerprint density at radius 1 is 0.724 bits per heavy atom. The number of carbonyl (C=O) groups is 2. The number of unbranched alkanes of at least 4 members (excludes halogenated alkanes) is 14. The summed E-state index contributed by atoms with van der Waals surface area (Å²) in [6.45, 7) is 3.59. The van der Waals surface area contributed by atoms with Gasteiger partial charge in [0.05, 0.1) is 7.11 Å². The first kappa shape index (κ1) is 27.7. The van der Waals surface area contributed by atoms with Crippen molar-refractivity contribution in [3.05, 3.63) is 12.2 Å². The molecule has 4 heteroatoms. The summed E-state index contributed by atoms with van der Waals surface area (Å²) in [4.78, 5) is 22.6. The van der Waals surface area contributed by atoms with Crippen LogP contribution in [0, 0.1) is 0 Å². The zero-order valence-corrected chi connectivity index (χ0v) is 19.4. The predicted molar refractivity (Wildman–Crippen MR) is 121 cm³/mol. The summed E-state index contributed by atoms with van der Waals surface area (Å²) in [5, 5.41) is 0. The molecular formula is C25H46O4. The van der Waals surface area contributed by atoms with Gasteiger partial charge >= 0.3 is 11.9 Å². The molecule has 0 saturated heterocycles. The fraction of sp³-hybridized carbons (Fsp3) is 0.840. The molecule has 0 radical (unpaired) electrons. The Kier molecular flexibility index (Phi) is 20.4. The van der Waals surface area contributed by atoms with Crippen LogP contribution in [0.1, 0.15) is 123 Å². The highest BCUT2D eigenvalue weighted by Crippen LogP contribution is 2.14. The van der Waals surface area contributed by atoms with E-state index >= 15 is 0 Å². The van der Waals surface area contributed by atoms with Gasteiger partial charge in [0.25, 0.3) is 0 Å². The number of hydrogen-bond acceptors (Lipinski definition) is 4. The first-order valence-corrected chi connectivity index (χ1v) is 12.0. The summed E-state index contributed by atoms with van der Waals surface area (Å²) in [5.74, 6) is -0.890. The van der Waals surface area contributed by atoms with Crippen molar-refractivity contribution in [3.63, 3.8) is 0 Å². The van der Waals surface area contributed by atoms with Crippen molar-refractivity contribution in [1.29, 1.82) is 0 Å². The minimum atomic E-state index is -0.744. The summed E-state index contributed by atoms with van der Waals surface area (Å²) in [5.41, 5.74) is 0. The minimum absolute atomic E-state index is 0.433. The summed E-state index contributed by atoms with van der Waals surface area (Å²) in [6.07, 6.45) is 24.9. The van der Waals surface area contributed by atoms with Gasteiger partial charge in [0.2, 0.25) is 0 Å². The van der Waals surface area contributed by atoms with Crippen molar-refractivity contribution in [2.24, 2.45) is 0 Å². The second kappa shape index (κ2) is 21.4. The molecule has 0 aliphatic rings. The quantitative estimate of drug-likeness (QED) is 0.120. The molecule has 0 aromatic carbocycles. The summed E-state index contributed by atoms with van der Waals surface area (Å²) >= 11 is 0. The van der Waals surface area contributed by atoms with Gasteiger partial charge < -0.3 is 9.47 Å². The van der Waals surface area contributed by atoms with E-state index in [2.05, 4.69) is 23.8 Å². The van der Waals surface area contributed by atoms with Crippen LogP contribution in [0.3, 0.4) is 0 Å². The van der Waals surface area contributed by atoms with Gasteiger partial charge in [-0.2, -0.15) is 0 Å². The van der Waals surface area contributed by atoms with E-state index in [0.717, 1.165) is 12.8 Å². The van der Waals surface area contributed by atoms with Crippen molar-refractivity contribution >= 4 is 11.9 Å². The molecule has 0 bridgehead atoms. The molecule has 1 atom stereocenters. The number of ether oxygens (including phenoxy) is 2. The smallest absolute Gasteiger partial charge is 0.347 e. The Labute approximate surface area is 179 Å². The number of rotatable bonds is 20. The van der Waals surface area contributed by atoms with Gasteiger partial charge in [-0.25, -0.2) is 4.79 Å². The molecule has 4 nitrogen and oxygen atoms in total. The zero-order chi connectivity index (χ0) is 21.6. The molecule has 0 saturated carbocycles. The lowest BCUT2D eigenvalue weighted by Crippen LogP contribution is -2.27. The normalized spacial score (nSPS) is 12.2. The molecule has 0 rings (SSSR count). The molecule has 0 aliphatic heterocycles. The molecule has 0 fully saturated rings. The molecule has 0 N–H and O–H groups in total. The first-order chi connectivity index (χ1) is 14.1. The maximum absolute atomic E-state index is 11.6. The van der Waals surface area contributed by atoms with E-state index in [-0.39, 0.29) is 0 Å². The minimum Gasteiger partial charge on any atom is -0.466 e. The van der Waals surface area contributed by atoms with Gasteiger partial charge in [0, 0.05) is 6.92 Å². The van der Waals surface area contributed by atoms with E-state index < -0.39 is 18.0 Å². The largest absolute Gasteiger partial charge is 0.466 e. The van der Waals surface area contributed by atoms with E-state index in [4.69, 9.17) is 4.74 Å². The highest BCUT2D eigenvalue weighted by molar-refractivity contribution is 5.78. The second-order valence-corrected chi connectivity index (χ2v) is 8.05. The van der Waals surface area contributed by atoms with Gasteiger partial charge in [-0.3, -0.25) is 4.79 Å². The number of esters is 2. The molecule has 0 amide bonds. The van der Waals surface area contributed by atoms with Crippen molar-refractivity contribution in [3.8, 4) is 0 Å². The Morgan fingerprint density at radius 3 is 1.62 bits per heavy atom. The van der Waals surface area contributed by atoms with Gasteiger partial charge in [-0.05, 0) is 38.5 Å². The van der Waals surface area contributed by atoms with Gasteiger partial charge in [-0.15, -0.1) is 0 Å². The highest BCUT2D eigenvalue weighted by atomic mass is 16.6. The lowest BCUT2D eigenvalue weighted by Gasteiger charge is -2.14. The zero-order valence-electron chi connectivity index (χ0n) is 19.4. The summed E-state index contributed by atoms with van der Waals surface area (Å²) in [7, 11) is 1.32. The number of carbonyl (C=O) groups excluding carboxylic acids is 2. The van der Waals surface area contributed by atoms with E-state index in [1.54, 1.807) is 0 Å². The van der Waals surface area contributed by atoms with E-state index in [1.807, 2.05) is 0 Å². The van der Waals surface area contributed by atoms with Crippen LogP contribution in [0.15, 0.2) is 12.2 Å². The standard InChI is InChI=1S/C25H46O4/c1-4-5-6-7-8-9-10-11-12-13-14-15-16-17-18-19-20-21-22-24(25(27)28-3)29-23(2)26/h11-12,24H,4-10,13-22H2,1-3H3/b12-11-. The predicted octanol–water partition coefficient (Wildman–Crippen LogP) is 7.30. The van der Waals surface area contributed by atoms with Crippen LogP contribution in [-0.4, -0.2) is 25.2 Å². The average molecular weight is 411 g/mol. The topological polar surface area (TPSA) is 52.6 Å².